The van der Waals surface area contributed by atoms with E-state index in [4.69, 9.17) is 9.47 Å². The Morgan fingerprint density at radius 3 is 2.94 bits per heavy atom. The number of ether oxygens (including phenoxy) is 2. The van der Waals surface area contributed by atoms with E-state index >= 15 is 0 Å². The number of carbonyl (C=O) groups is 1. The number of nitrogens with zero attached hydrogens (tertiary/aromatic N) is 1. The Balaban J connectivity index is 2.40. The van der Waals surface area contributed by atoms with Gasteiger partial charge in [-0.15, -0.1) is 0 Å². The molecule has 0 aliphatic carbocycles. The fourth-order valence-electron chi connectivity index (χ4n) is 2.03. The molecule has 0 amide bonds. The summed E-state index contributed by atoms with van der Waals surface area (Å²) in [6.07, 6.45) is 2.29. The van der Waals surface area contributed by atoms with Gasteiger partial charge >= 0.3 is 5.97 Å². The number of carbonyl (C=O) groups excluding carboxylic acids is 1. The van der Waals surface area contributed by atoms with Crippen molar-refractivity contribution in [1.82, 2.24) is 4.90 Å². The van der Waals surface area contributed by atoms with Crippen LogP contribution >= 0.6 is 0 Å². The first-order valence-corrected chi connectivity index (χ1v) is 5.77. The van der Waals surface area contributed by atoms with Crippen LogP contribution in [0.5, 0.6) is 0 Å². The van der Waals surface area contributed by atoms with Gasteiger partial charge in [0.2, 0.25) is 0 Å². The van der Waals surface area contributed by atoms with Crippen LogP contribution in [0.25, 0.3) is 0 Å². The zero-order chi connectivity index (χ0) is 12.0. The van der Waals surface area contributed by atoms with Gasteiger partial charge in [0.15, 0.2) is 0 Å². The highest BCUT2D eigenvalue weighted by Crippen LogP contribution is 2.18. The highest BCUT2D eigenvalue weighted by atomic mass is 16.5. The van der Waals surface area contributed by atoms with Crippen molar-refractivity contribution in [2.24, 2.45) is 0 Å². The van der Waals surface area contributed by atoms with Gasteiger partial charge < -0.3 is 9.47 Å². The number of rotatable bonds is 6. The van der Waals surface area contributed by atoms with Crippen LogP contribution in [0.15, 0.2) is 12.2 Å². The fourth-order valence-corrected chi connectivity index (χ4v) is 2.03. The minimum absolute atomic E-state index is 0.287. The molecule has 0 aromatic rings. The number of esters is 1. The van der Waals surface area contributed by atoms with E-state index in [0.29, 0.717) is 24.8 Å². The van der Waals surface area contributed by atoms with Gasteiger partial charge in [0.1, 0.15) is 0 Å². The maximum atomic E-state index is 11.4. The molecule has 1 atom stereocenters. The number of hydrogen-bond acceptors (Lipinski definition) is 4. The molecule has 16 heavy (non-hydrogen) atoms. The van der Waals surface area contributed by atoms with Crippen LogP contribution in [0.1, 0.15) is 19.8 Å². The summed E-state index contributed by atoms with van der Waals surface area (Å²) in [6.45, 7) is 8.29. The van der Waals surface area contributed by atoms with Crippen molar-refractivity contribution in [1.29, 1.82) is 0 Å². The SMILES string of the molecule is C=C(CN1CCC[C@H]1COC)C(=O)OCC. The Morgan fingerprint density at radius 2 is 2.31 bits per heavy atom. The molecule has 0 N–H and O–H groups in total. The van der Waals surface area contributed by atoms with Crippen LogP contribution in [-0.4, -0.2) is 50.3 Å². The Bertz CT molecular complexity index is 253. The number of likely N-dealkylation sites (tertiary alicyclic amines) is 1. The van der Waals surface area contributed by atoms with E-state index in [1.165, 1.54) is 0 Å². The summed E-state index contributed by atoms with van der Waals surface area (Å²) >= 11 is 0. The molecule has 0 bridgehead atoms. The average Bonchev–Trinajstić information content (AvgIpc) is 2.67. The van der Waals surface area contributed by atoms with Gasteiger partial charge in [-0.05, 0) is 26.3 Å². The molecule has 1 rings (SSSR count). The van der Waals surface area contributed by atoms with Gasteiger partial charge in [-0.3, -0.25) is 4.90 Å². The summed E-state index contributed by atoms with van der Waals surface area (Å²) < 4.78 is 10.1. The van der Waals surface area contributed by atoms with Crippen LogP contribution in [0.2, 0.25) is 0 Å². The molecule has 0 unspecified atom stereocenters. The van der Waals surface area contributed by atoms with Gasteiger partial charge in [0.25, 0.3) is 0 Å². The van der Waals surface area contributed by atoms with Crippen molar-refractivity contribution in [2.45, 2.75) is 25.8 Å². The molecule has 0 aromatic carbocycles. The second kappa shape index (κ2) is 6.66. The summed E-state index contributed by atoms with van der Waals surface area (Å²) in [6, 6.07) is 0.413. The zero-order valence-electron chi connectivity index (χ0n) is 10.2. The molecule has 1 saturated heterocycles. The molecule has 1 fully saturated rings. The van der Waals surface area contributed by atoms with Gasteiger partial charge in [-0.2, -0.15) is 0 Å². The van der Waals surface area contributed by atoms with Crippen LogP contribution in [0.4, 0.5) is 0 Å². The van der Waals surface area contributed by atoms with Crippen molar-refractivity contribution in [3.63, 3.8) is 0 Å². The molecule has 1 aliphatic rings. The third-order valence-electron chi connectivity index (χ3n) is 2.82. The first kappa shape index (κ1) is 13.2. The Morgan fingerprint density at radius 1 is 1.56 bits per heavy atom. The quantitative estimate of drug-likeness (QED) is 0.505. The Labute approximate surface area is 97.2 Å². The highest BCUT2D eigenvalue weighted by molar-refractivity contribution is 5.88. The first-order valence-electron chi connectivity index (χ1n) is 5.77. The van der Waals surface area contributed by atoms with Crippen LogP contribution in [-0.2, 0) is 14.3 Å². The molecule has 1 aliphatic heterocycles. The monoisotopic (exact) mass is 227 g/mol. The normalized spacial score (nSPS) is 21.0. The van der Waals surface area contributed by atoms with E-state index in [9.17, 15) is 4.79 Å². The number of methoxy groups -OCH3 is 1. The predicted molar refractivity (Wildman–Crippen MR) is 62.2 cm³/mol. The number of hydrogen-bond donors (Lipinski definition) is 0. The van der Waals surface area contributed by atoms with Crippen molar-refractivity contribution in [3.8, 4) is 0 Å². The van der Waals surface area contributed by atoms with Crippen molar-refractivity contribution < 1.29 is 14.3 Å². The fraction of sp³-hybridized carbons (Fsp3) is 0.750. The smallest absolute Gasteiger partial charge is 0.334 e. The minimum Gasteiger partial charge on any atom is -0.463 e. The van der Waals surface area contributed by atoms with Gasteiger partial charge in [0, 0.05) is 25.3 Å². The summed E-state index contributed by atoms with van der Waals surface area (Å²) in [5, 5.41) is 0. The first-order chi connectivity index (χ1) is 7.69. The zero-order valence-corrected chi connectivity index (χ0v) is 10.2. The minimum atomic E-state index is -0.287. The molecule has 0 spiro atoms. The second-order valence-electron chi connectivity index (χ2n) is 4.05. The van der Waals surface area contributed by atoms with Crippen molar-refractivity contribution in [3.05, 3.63) is 12.2 Å². The van der Waals surface area contributed by atoms with Crippen LogP contribution in [0.3, 0.4) is 0 Å². The molecular weight excluding hydrogens is 206 g/mol. The molecule has 1 heterocycles. The van der Waals surface area contributed by atoms with E-state index in [1.54, 1.807) is 14.0 Å². The standard InChI is InChI=1S/C12H21NO3/c1-4-16-12(14)10(2)8-13-7-5-6-11(13)9-15-3/h11H,2,4-9H2,1,3H3/t11-/m0/s1. The lowest BCUT2D eigenvalue weighted by Gasteiger charge is -2.23. The van der Waals surface area contributed by atoms with Crippen molar-refractivity contribution in [2.75, 3.05) is 33.4 Å². The van der Waals surface area contributed by atoms with E-state index in [1.807, 2.05) is 0 Å². The Hall–Kier alpha value is -0.870. The summed E-state index contributed by atoms with van der Waals surface area (Å²) in [5.41, 5.74) is 0.532. The van der Waals surface area contributed by atoms with E-state index < -0.39 is 0 Å². The van der Waals surface area contributed by atoms with Crippen LogP contribution in [0, 0.1) is 0 Å². The molecule has 4 heteroatoms. The molecule has 0 aromatic heterocycles. The topological polar surface area (TPSA) is 38.8 Å². The maximum absolute atomic E-state index is 11.4. The lowest BCUT2D eigenvalue weighted by atomic mass is 10.2. The van der Waals surface area contributed by atoms with Gasteiger partial charge in [-0.1, -0.05) is 6.58 Å². The summed E-state index contributed by atoms with van der Waals surface area (Å²) in [5.74, 6) is -0.287. The van der Waals surface area contributed by atoms with Gasteiger partial charge in [-0.25, -0.2) is 4.79 Å². The Kier molecular flexibility index (Phi) is 5.49. The summed E-state index contributed by atoms with van der Waals surface area (Å²) in [4.78, 5) is 13.7. The van der Waals surface area contributed by atoms with E-state index in [-0.39, 0.29) is 5.97 Å². The molecule has 0 saturated carbocycles. The lowest BCUT2D eigenvalue weighted by Crippen LogP contribution is -2.35. The lowest BCUT2D eigenvalue weighted by molar-refractivity contribution is -0.138. The van der Waals surface area contributed by atoms with Crippen molar-refractivity contribution >= 4 is 5.97 Å². The average molecular weight is 227 g/mol. The predicted octanol–water partition coefficient (Wildman–Crippen LogP) is 1.22. The second-order valence-corrected chi connectivity index (χ2v) is 4.05. The summed E-state index contributed by atoms with van der Waals surface area (Å²) in [7, 11) is 1.71. The van der Waals surface area contributed by atoms with Gasteiger partial charge in [0.05, 0.1) is 13.2 Å². The largest absolute Gasteiger partial charge is 0.463 e. The third-order valence-corrected chi connectivity index (χ3v) is 2.82. The highest BCUT2D eigenvalue weighted by Gasteiger charge is 2.25. The van der Waals surface area contributed by atoms with E-state index in [2.05, 4.69) is 11.5 Å². The molecule has 92 valence electrons. The molecule has 0 radical (unpaired) electrons. The van der Waals surface area contributed by atoms with Crippen LogP contribution < -0.4 is 0 Å². The molecular formula is C12H21NO3. The molecule has 4 nitrogen and oxygen atoms in total. The third kappa shape index (κ3) is 3.61. The van der Waals surface area contributed by atoms with E-state index in [0.717, 1.165) is 26.0 Å². The maximum Gasteiger partial charge on any atom is 0.334 e.